The Morgan fingerprint density at radius 3 is 2.25 bits per heavy atom. The lowest BCUT2D eigenvalue weighted by atomic mass is 9.82. The number of nitrogens with one attached hydrogen (secondary N) is 2. The van der Waals surface area contributed by atoms with Crippen LogP contribution in [0.3, 0.4) is 0 Å². The zero-order valence-electron chi connectivity index (χ0n) is 29.3. The van der Waals surface area contributed by atoms with Crippen molar-refractivity contribution in [1.29, 1.82) is 0 Å². The number of alkyl halides is 6. The number of para-hydroxylation sites is 1. The Morgan fingerprint density at radius 1 is 0.981 bits per heavy atom. The summed E-state index contributed by atoms with van der Waals surface area (Å²) in [4.78, 5) is 45.1. The van der Waals surface area contributed by atoms with Gasteiger partial charge in [-0.3, -0.25) is 15.0 Å². The van der Waals surface area contributed by atoms with E-state index < -0.39 is 70.9 Å². The number of likely N-dealkylation sites (tertiary alicyclic amines) is 1. The minimum Gasteiger partial charge on any atom is -0.438 e. The third-order valence-corrected chi connectivity index (χ3v) is 10.9. The van der Waals surface area contributed by atoms with Crippen LogP contribution in [0.1, 0.15) is 61.3 Å². The van der Waals surface area contributed by atoms with Gasteiger partial charge >= 0.3 is 24.5 Å². The summed E-state index contributed by atoms with van der Waals surface area (Å²) in [6, 6.07) is 8.29. The molecule has 3 saturated heterocycles. The quantitative estimate of drug-likeness (QED) is 0.238. The van der Waals surface area contributed by atoms with Gasteiger partial charge < -0.3 is 30.3 Å². The van der Waals surface area contributed by atoms with Crippen molar-refractivity contribution in [1.82, 2.24) is 20.0 Å². The van der Waals surface area contributed by atoms with Gasteiger partial charge in [0, 0.05) is 76.7 Å². The van der Waals surface area contributed by atoms with E-state index in [-0.39, 0.29) is 45.1 Å². The average molecular weight is 755 g/mol. The van der Waals surface area contributed by atoms with Crippen molar-refractivity contribution in [3.05, 3.63) is 58.7 Å². The van der Waals surface area contributed by atoms with Gasteiger partial charge in [-0.15, -0.1) is 0 Å². The topological polar surface area (TPSA) is 129 Å². The summed E-state index contributed by atoms with van der Waals surface area (Å²) in [6.07, 6.45) is -11.1. The van der Waals surface area contributed by atoms with Gasteiger partial charge in [0.1, 0.15) is 5.60 Å². The van der Waals surface area contributed by atoms with E-state index in [4.69, 9.17) is 15.2 Å². The van der Waals surface area contributed by atoms with Crippen molar-refractivity contribution in [3.63, 3.8) is 0 Å². The maximum absolute atomic E-state index is 14.1. The van der Waals surface area contributed by atoms with Gasteiger partial charge in [0.2, 0.25) is 0 Å². The summed E-state index contributed by atoms with van der Waals surface area (Å²) in [5, 5.41) is 6.09. The summed E-state index contributed by atoms with van der Waals surface area (Å²) in [5.74, 6) is -0.238. The van der Waals surface area contributed by atoms with E-state index in [1.165, 1.54) is 9.80 Å². The van der Waals surface area contributed by atoms with Crippen LogP contribution in [0.4, 0.5) is 47.3 Å². The molecule has 4 aliphatic heterocycles. The molecule has 6 rings (SSSR count). The molecule has 2 aromatic rings. The fourth-order valence-corrected chi connectivity index (χ4v) is 8.18. The Balaban J connectivity index is 1.22. The first kappa shape index (κ1) is 38.5. The Kier molecular flexibility index (Phi) is 11.1. The number of carbonyl (C=O) groups is 3. The standard InChI is InChI=1S/C36H44F6N6O5/c1-2-5-23-8-11-44-21-28(23)46-14-16-47(17-15-46)31(49)29(20-22-18-25(35(37,38)39)30(43)26(19-22)36(40,41)42)52-33(51)48-12-9-34(10-13-48)24-6-3-4-7-27(24)45-32(50)53-34/h3-4,6-7,18-19,23,28-29,44H,2,5,8-17,20-21,43H2,1H3,(H,45,50)/t23?,28?,29-/m1/s1. The van der Waals surface area contributed by atoms with E-state index in [2.05, 4.69) is 22.5 Å². The molecule has 3 atom stereocenters. The number of ether oxygens (including phenoxy) is 2. The van der Waals surface area contributed by atoms with E-state index >= 15 is 0 Å². The molecule has 4 heterocycles. The average Bonchev–Trinajstić information content (AvgIpc) is 3.11. The number of piperidine rings is 2. The van der Waals surface area contributed by atoms with Crippen LogP contribution in [0.25, 0.3) is 0 Å². The van der Waals surface area contributed by atoms with E-state index in [0.717, 1.165) is 37.9 Å². The third-order valence-electron chi connectivity index (χ3n) is 10.9. The molecule has 53 heavy (non-hydrogen) atoms. The Hall–Kier alpha value is -4.25. The summed E-state index contributed by atoms with van der Waals surface area (Å²) in [6.45, 7) is 5.40. The lowest BCUT2D eigenvalue weighted by Gasteiger charge is -2.45. The van der Waals surface area contributed by atoms with E-state index in [0.29, 0.717) is 36.8 Å². The number of hydrogen-bond acceptors (Lipinski definition) is 8. The number of nitrogens with two attached hydrogens (primary N) is 1. The van der Waals surface area contributed by atoms with Gasteiger partial charge in [0.05, 0.1) is 22.5 Å². The molecule has 2 aromatic carbocycles. The smallest absolute Gasteiger partial charge is 0.418 e. The third kappa shape index (κ3) is 8.30. The number of carbonyl (C=O) groups excluding carboxylic acids is 3. The maximum Gasteiger partial charge on any atom is 0.418 e. The van der Waals surface area contributed by atoms with Crippen molar-refractivity contribution < 1.29 is 50.2 Å². The van der Waals surface area contributed by atoms with Gasteiger partial charge in [-0.2, -0.15) is 26.3 Å². The number of nitrogen functional groups attached to an aromatic ring is 1. The second kappa shape index (κ2) is 15.2. The van der Waals surface area contributed by atoms with Gasteiger partial charge in [-0.05, 0) is 49.1 Å². The van der Waals surface area contributed by atoms with Crippen LogP contribution in [-0.4, -0.2) is 97.3 Å². The monoisotopic (exact) mass is 754 g/mol. The predicted octanol–water partition coefficient (Wildman–Crippen LogP) is 5.83. The number of anilines is 2. The molecular formula is C36H44F6N6O5. The summed E-state index contributed by atoms with van der Waals surface area (Å²) in [7, 11) is 0. The summed E-state index contributed by atoms with van der Waals surface area (Å²) in [5.41, 5.74) is 0.239. The number of amides is 3. The second-order valence-electron chi connectivity index (χ2n) is 14.2. The van der Waals surface area contributed by atoms with Crippen LogP contribution < -0.4 is 16.4 Å². The summed E-state index contributed by atoms with van der Waals surface area (Å²) >= 11 is 0. The molecule has 0 saturated carbocycles. The molecule has 2 unspecified atom stereocenters. The van der Waals surface area contributed by atoms with Crippen molar-refractivity contribution >= 4 is 29.5 Å². The van der Waals surface area contributed by atoms with Crippen LogP contribution in [-0.2, 0) is 38.6 Å². The first-order chi connectivity index (χ1) is 25.1. The van der Waals surface area contributed by atoms with Crippen molar-refractivity contribution in [2.24, 2.45) is 5.92 Å². The van der Waals surface area contributed by atoms with E-state index in [1.807, 2.05) is 6.07 Å². The highest BCUT2D eigenvalue weighted by Crippen LogP contribution is 2.44. The maximum atomic E-state index is 14.1. The van der Waals surface area contributed by atoms with Crippen LogP contribution in [0, 0.1) is 5.92 Å². The Labute approximate surface area is 303 Å². The van der Waals surface area contributed by atoms with Crippen LogP contribution in [0.15, 0.2) is 36.4 Å². The minimum atomic E-state index is -5.23. The molecule has 0 aliphatic carbocycles. The number of rotatable bonds is 7. The molecule has 0 radical (unpaired) electrons. The fourth-order valence-electron chi connectivity index (χ4n) is 8.18. The molecule has 0 aromatic heterocycles. The lowest BCUT2D eigenvalue weighted by Crippen LogP contribution is -2.59. The molecule has 11 nitrogen and oxygen atoms in total. The molecule has 3 amide bonds. The molecule has 290 valence electrons. The van der Waals surface area contributed by atoms with Crippen LogP contribution >= 0.6 is 0 Å². The highest BCUT2D eigenvalue weighted by atomic mass is 19.4. The number of benzene rings is 2. The normalized spacial score (nSPS) is 22.8. The van der Waals surface area contributed by atoms with Crippen molar-refractivity contribution in [2.75, 3.05) is 63.4 Å². The number of halogens is 6. The summed E-state index contributed by atoms with van der Waals surface area (Å²) < 4.78 is 94.9. The van der Waals surface area contributed by atoms with Gasteiger partial charge in [0.25, 0.3) is 5.91 Å². The molecule has 4 aliphatic rings. The van der Waals surface area contributed by atoms with Gasteiger partial charge in [-0.25, -0.2) is 9.59 Å². The van der Waals surface area contributed by atoms with Crippen LogP contribution in [0.2, 0.25) is 0 Å². The van der Waals surface area contributed by atoms with E-state index in [9.17, 15) is 40.7 Å². The first-order valence-electron chi connectivity index (χ1n) is 17.9. The lowest BCUT2D eigenvalue weighted by molar-refractivity contribution is -0.143. The highest BCUT2D eigenvalue weighted by molar-refractivity contribution is 5.89. The second-order valence-corrected chi connectivity index (χ2v) is 14.2. The zero-order chi connectivity index (χ0) is 38.1. The molecule has 0 bridgehead atoms. The van der Waals surface area contributed by atoms with Crippen molar-refractivity contribution in [2.45, 2.75) is 75.5 Å². The van der Waals surface area contributed by atoms with Crippen LogP contribution in [0.5, 0.6) is 0 Å². The van der Waals surface area contributed by atoms with Gasteiger partial charge in [0.15, 0.2) is 6.10 Å². The van der Waals surface area contributed by atoms with Crippen molar-refractivity contribution in [3.8, 4) is 0 Å². The van der Waals surface area contributed by atoms with Gasteiger partial charge in [-0.1, -0.05) is 31.5 Å². The molecule has 17 heteroatoms. The van der Waals surface area contributed by atoms with E-state index in [1.54, 1.807) is 18.2 Å². The first-order valence-corrected chi connectivity index (χ1v) is 17.9. The zero-order valence-corrected chi connectivity index (χ0v) is 29.3. The number of piperazine rings is 1. The fraction of sp³-hybridized carbons (Fsp3) is 0.583. The molecule has 4 N–H and O–H groups in total. The highest BCUT2D eigenvalue weighted by Gasteiger charge is 2.46. The molecule has 3 fully saturated rings. The number of hydrogen-bond donors (Lipinski definition) is 3. The predicted molar refractivity (Wildman–Crippen MR) is 182 cm³/mol. The molecule has 1 spiro atoms. The number of nitrogens with zero attached hydrogens (tertiary/aromatic N) is 3. The number of fused-ring (bicyclic) bond motifs is 2. The SMILES string of the molecule is CCCC1CCNCC1N1CCN(C(=O)[C@@H](Cc2cc(C(F)(F)F)c(N)c(C(F)(F)F)c2)OC(=O)N2CCC3(CC2)OC(=O)Nc2ccccc23)CC1. The minimum absolute atomic E-state index is 0.0344. The largest absolute Gasteiger partial charge is 0.438 e. The Morgan fingerprint density at radius 2 is 1.62 bits per heavy atom. The Bertz CT molecular complexity index is 1640. The molecular weight excluding hydrogens is 710 g/mol.